The van der Waals surface area contributed by atoms with Crippen LogP contribution in [0.1, 0.15) is 56.9 Å². The van der Waals surface area contributed by atoms with E-state index in [9.17, 15) is 9.59 Å². The summed E-state index contributed by atoms with van der Waals surface area (Å²) in [7, 11) is 0. The number of hydrogen-bond donors (Lipinski definition) is 1. The van der Waals surface area contributed by atoms with Crippen molar-refractivity contribution in [2.75, 3.05) is 18.1 Å². The van der Waals surface area contributed by atoms with Gasteiger partial charge in [-0.3, -0.25) is 4.79 Å². The van der Waals surface area contributed by atoms with Crippen molar-refractivity contribution in [2.45, 2.75) is 32.6 Å². The van der Waals surface area contributed by atoms with Gasteiger partial charge in [0.05, 0.1) is 0 Å². The molecule has 1 heterocycles. The molecule has 1 N–H and O–H groups in total. The highest BCUT2D eigenvalue weighted by Gasteiger charge is 2.32. The van der Waals surface area contributed by atoms with E-state index in [1.165, 1.54) is 0 Å². The number of H-pyrrole nitrogens is 1. The lowest BCUT2D eigenvalue weighted by Gasteiger charge is -2.22. The first-order chi connectivity index (χ1) is 12.5. The average molecular weight is 392 g/mol. The zero-order valence-corrected chi connectivity index (χ0v) is 16.5. The molecular formula is C20H22ClNO3S. The van der Waals surface area contributed by atoms with Crippen LogP contribution in [0.3, 0.4) is 0 Å². The topological polar surface area (TPSA) is 59.2 Å². The molecule has 0 spiro atoms. The predicted octanol–water partition coefficient (Wildman–Crippen LogP) is 4.80. The molecule has 0 fully saturated rings. The van der Waals surface area contributed by atoms with Gasteiger partial charge in [-0.15, -0.1) is 0 Å². The molecular weight excluding hydrogens is 370 g/mol. The summed E-state index contributed by atoms with van der Waals surface area (Å²) in [6, 6.07) is 7.60. The zero-order valence-electron chi connectivity index (χ0n) is 14.9. The highest BCUT2D eigenvalue weighted by Crippen LogP contribution is 2.35. The van der Waals surface area contributed by atoms with Crippen molar-refractivity contribution in [1.29, 1.82) is 0 Å². The van der Waals surface area contributed by atoms with Gasteiger partial charge in [-0.25, -0.2) is 4.79 Å². The minimum absolute atomic E-state index is 0.0699. The minimum atomic E-state index is -0.385. The molecule has 6 heteroatoms. The van der Waals surface area contributed by atoms with Gasteiger partial charge in [0.2, 0.25) is 0 Å². The van der Waals surface area contributed by atoms with Crippen molar-refractivity contribution in [3.05, 3.63) is 57.4 Å². The SMILES string of the molecule is CCSCCOC(=O)c1[nH]c2c(c1C)C(=O)C[C@H](c1ccc(Cl)cc1)C2. The molecule has 0 saturated heterocycles. The molecule has 26 heavy (non-hydrogen) atoms. The first-order valence-electron chi connectivity index (χ1n) is 8.76. The number of ether oxygens (including phenoxy) is 1. The number of thioether (sulfide) groups is 1. The number of Topliss-reactive ketones (excluding diaryl/α,β-unsaturated/α-hetero) is 1. The summed E-state index contributed by atoms with van der Waals surface area (Å²) in [6.07, 6.45) is 1.14. The van der Waals surface area contributed by atoms with Crippen LogP contribution in [-0.4, -0.2) is 34.8 Å². The molecule has 1 aromatic carbocycles. The molecule has 1 atom stereocenters. The van der Waals surface area contributed by atoms with E-state index in [1.54, 1.807) is 11.8 Å². The fraction of sp³-hybridized carbons (Fsp3) is 0.400. The number of esters is 1. The standard InChI is InChI=1S/C20H22ClNO3S/c1-3-26-9-8-25-20(24)19-12(2)18-16(22-19)10-14(11-17(18)23)13-4-6-15(21)7-5-13/h4-7,14,22H,3,8-11H2,1-2H3/t14-/m1/s1. The number of aromatic nitrogens is 1. The van der Waals surface area contributed by atoms with Crippen LogP contribution in [0, 0.1) is 6.92 Å². The van der Waals surface area contributed by atoms with Crippen molar-refractivity contribution in [2.24, 2.45) is 0 Å². The van der Waals surface area contributed by atoms with Crippen LogP contribution in [0.5, 0.6) is 0 Å². The van der Waals surface area contributed by atoms with Crippen LogP contribution in [-0.2, 0) is 11.2 Å². The van der Waals surface area contributed by atoms with E-state index in [0.29, 0.717) is 41.3 Å². The summed E-state index contributed by atoms with van der Waals surface area (Å²) in [6.45, 7) is 4.26. The first-order valence-corrected chi connectivity index (χ1v) is 10.3. The second-order valence-corrected chi connectivity index (χ2v) is 8.22. The van der Waals surface area contributed by atoms with E-state index >= 15 is 0 Å². The largest absolute Gasteiger partial charge is 0.460 e. The third-order valence-corrected chi connectivity index (χ3v) is 5.81. The van der Waals surface area contributed by atoms with Crippen LogP contribution in [0.15, 0.2) is 24.3 Å². The second kappa shape index (κ2) is 8.31. The van der Waals surface area contributed by atoms with Gasteiger partial charge in [-0.2, -0.15) is 11.8 Å². The van der Waals surface area contributed by atoms with E-state index in [4.69, 9.17) is 16.3 Å². The summed E-state index contributed by atoms with van der Waals surface area (Å²) in [5.74, 6) is 1.55. The third-order valence-electron chi connectivity index (χ3n) is 4.70. The van der Waals surface area contributed by atoms with Crippen molar-refractivity contribution >= 4 is 35.1 Å². The monoisotopic (exact) mass is 391 g/mol. The Kier molecular flexibility index (Phi) is 6.09. The maximum absolute atomic E-state index is 12.7. The lowest BCUT2D eigenvalue weighted by Crippen LogP contribution is -2.18. The second-order valence-electron chi connectivity index (χ2n) is 6.39. The Balaban J connectivity index is 1.78. The van der Waals surface area contributed by atoms with E-state index in [0.717, 1.165) is 22.8 Å². The lowest BCUT2D eigenvalue weighted by molar-refractivity contribution is 0.0523. The highest BCUT2D eigenvalue weighted by molar-refractivity contribution is 7.99. The number of nitrogens with one attached hydrogen (secondary N) is 1. The molecule has 2 aromatic rings. The molecule has 0 saturated carbocycles. The number of carbonyl (C=O) groups excluding carboxylic acids is 2. The number of hydrogen-bond acceptors (Lipinski definition) is 4. The summed E-state index contributed by atoms with van der Waals surface area (Å²) in [5.41, 5.74) is 3.68. The van der Waals surface area contributed by atoms with Gasteiger partial charge in [-0.1, -0.05) is 30.7 Å². The van der Waals surface area contributed by atoms with E-state index in [2.05, 4.69) is 11.9 Å². The van der Waals surface area contributed by atoms with Crippen LogP contribution >= 0.6 is 23.4 Å². The molecule has 1 aromatic heterocycles. The van der Waals surface area contributed by atoms with E-state index in [-0.39, 0.29) is 17.7 Å². The number of halogens is 1. The summed E-state index contributed by atoms with van der Waals surface area (Å²) in [5, 5.41) is 0.679. The minimum Gasteiger partial charge on any atom is -0.460 e. The van der Waals surface area contributed by atoms with Crippen LogP contribution in [0.25, 0.3) is 0 Å². The Hall–Kier alpha value is -1.72. The molecule has 3 rings (SSSR count). The predicted molar refractivity (Wildman–Crippen MR) is 106 cm³/mol. The van der Waals surface area contributed by atoms with Gasteiger partial charge in [0.1, 0.15) is 12.3 Å². The Bertz CT molecular complexity index is 813. The Labute approximate surface area is 162 Å². The lowest BCUT2D eigenvalue weighted by atomic mass is 9.81. The normalized spacial score (nSPS) is 16.4. The molecule has 4 nitrogen and oxygen atoms in total. The van der Waals surface area contributed by atoms with E-state index in [1.807, 2.05) is 31.2 Å². The number of fused-ring (bicyclic) bond motifs is 1. The summed E-state index contributed by atoms with van der Waals surface area (Å²) < 4.78 is 5.33. The van der Waals surface area contributed by atoms with Gasteiger partial charge in [0.15, 0.2) is 5.78 Å². The maximum atomic E-state index is 12.7. The molecule has 1 aliphatic rings. The van der Waals surface area contributed by atoms with Crippen molar-refractivity contribution in [3.63, 3.8) is 0 Å². The van der Waals surface area contributed by atoms with Crippen molar-refractivity contribution < 1.29 is 14.3 Å². The quantitative estimate of drug-likeness (QED) is 0.567. The molecule has 0 radical (unpaired) electrons. The van der Waals surface area contributed by atoms with Gasteiger partial charge in [0.25, 0.3) is 0 Å². The number of benzene rings is 1. The third kappa shape index (κ3) is 3.99. The van der Waals surface area contributed by atoms with Gasteiger partial charge in [0, 0.05) is 28.5 Å². The average Bonchev–Trinajstić information content (AvgIpc) is 2.96. The molecule has 0 bridgehead atoms. The van der Waals surface area contributed by atoms with Crippen molar-refractivity contribution in [3.8, 4) is 0 Å². The van der Waals surface area contributed by atoms with Crippen LogP contribution in [0.4, 0.5) is 0 Å². The Morgan fingerprint density at radius 1 is 1.31 bits per heavy atom. The Morgan fingerprint density at radius 2 is 2.04 bits per heavy atom. The fourth-order valence-electron chi connectivity index (χ4n) is 3.42. The molecule has 0 amide bonds. The molecule has 0 unspecified atom stereocenters. The number of carbonyl (C=O) groups is 2. The van der Waals surface area contributed by atoms with Crippen LogP contribution < -0.4 is 0 Å². The van der Waals surface area contributed by atoms with Gasteiger partial charge >= 0.3 is 5.97 Å². The summed E-state index contributed by atoms with van der Waals surface area (Å²) >= 11 is 7.68. The maximum Gasteiger partial charge on any atom is 0.355 e. The van der Waals surface area contributed by atoms with Gasteiger partial charge < -0.3 is 9.72 Å². The fourth-order valence-corrected chi connectivity index (χ4v) is 4.03. The highest BCUT2D eigenvalue weighted by atomic mass is 35.5. The number of aromatic amines is 1. The van der Waals surface area contributed by atoms with Crippen molar-refractivity contribution in [1.82, 2.24) is 4.98 Å². The molecule has 1 aliphatic carbocycles. The zero-order chi connectivity index (χ0) is 18.7. The molecule has 138 valence electrons. The summed E-state index contributed by atoms with van der Waals surface area (Å²) in [4.78, 5) is 28.2. The number of rotatable bonds is 6. The first kappa shape index (κ1) is 19.1. The molecule has 0 aliphatic heterocycles. The van der Waals surface area contributed by atoms with Crippen LogP contribution in [0.2, 0.25) is 5.02 Å². The number of ketones is 1. The van der Waals surface area contributed by atoms with E-state index < -0.39 is 0 Å². The van der Waals surface area contributed by atoms with Gasteiger partial charge in [-0.05, 0) is 48.3 Å². The Morgan fingerprint density at radius 3 is 2.73 bits per heavy atom. The smallest absolute Gasteiger partial charge is 0.355 e.